The van der Waals surface area contributed by atoms with E-state index in [2.05, 4.69) is 0 Å². The second-order valence-electron chi connectivity index (χ2n) is 2.35. The van der Waals surface area contributed by atoms with Crippen LogP contribution in [0.5, 0.6) is 0 Å². The van der Waals surface area contributed by atoms with E-state index in [1.54, 1.807) is 6.92 Å². The van der Waals surface area contributed by atoms with E-state index in [4.69, 9.17) is 13.6 Å². The summed E-state index contributed by atoms with van der Waals surface area (Å²) in [5, 5.41) is 0. The van der Waals surface area contributed by atoms with E-state index in [0.717, 1.165) is 0 Å². The van der Waals surface area contributed by atoms with Crippen LogP contribution in [0.15, 0.2) is 0 Å². The smallest absolute Gasteiger partial charge is 0.214 e. The van der Waals surface area contributed by atoms with Crippen LogP contribution in [0.3, 0.4) is 0 Å². The maximum absolute atomic E-state index is 11.0. The Labute approximate surface area is 73.5 Å². The molecule has 0 unspecified atom stereocenters. The molecule has 0 aromatic rings. The summed E-state index contributed by atoms with van der Waals surface area (Å²) >= 11 is 0. The highest BCUT2D eigenvalue weighted by Gasteiger charge is 2.11. The molecule has 0 aliphatic rings. The van der Waals surface area contributed by atoms with Crippen LogP contribution < -0.4 is 5.73 Å². The van der Waals surface area contributed by atoms with E-state index in [0.29, 0.717) is 6.54 Å². The molecule has 0 aliphatic heterocycles. The van der Waals surface area contributed by atoms with Gasteiger partial charge in [-0.05, 0) is 13.2 Å². The molecule has 0 aliphatic carbocycles. The lowest BCUT2D eigenvalue weighted by Crippen LogP contribution is -2.37. The third-order valence-electron chi connectivity index (χ3n) is 1.50. The van der Waals surface area contributed by atoms with Crippen LogP contribution in [0, 0.1) is 0 Å². The third kappa shape index (κ3) is 3.53. The summed E-state index contributed by atoms with van der Waals surface area (Å²) in [6, 6.07) is 0. The van der Waals surface area contributed by atoms with Crippen molar-refractivity contribution in [2.45, 2.75) is 13.2 Å². The van der Waals surface area contributed by atoms with E-state index in [1.165, 1.54) is 4.90 Å². The van der Waals surface area contributed by atoms with Crippen LogP contribution in [0.2, 0.25) is 6.32 Å². The molecule has 0 saturated heterocycles. The van der Waals surface area contributed by atoms with Crippen molar-refractivity contribution >= 4 is 19.5 Å². The van der Waals surface area contributed by atoms with Crippen molar-refractivity contribution in [3.63, 3.8) is 0 Å². The lowest BCUT2D eigenvalue weighted by Gasteiger charge is -2.18. The first-order valence-corrected chi connectivity index (χ1v) is 3.85. The largest absolute Gasteiger partial charge is 0.336 e. The van der Waals surface area contributed by atoms with E-state index in [-0.39, 0.29) is 31.1 Å². The fourth-order valence-electron chi connectivity index (χ4n) is 0.783. The number of hydrogen-bond acceptors (Lipinski definition) is 3. The van der Waals surface area contributed by atoms with Gasteiger partial charge in [-0.3, -0.25) is 9.59 Å². The van der Waals surface area contributed by atoms with Gasteiger partial charge in [0, 0.05) is 6.54 Å². The maximum atomic E-state index is 11.0. The Bertz CT molecular complexity index is 173. The van der Waals surface area contributed by atoms with Crippen molar-refractivity contribution in [3.8, 4) is 0 Å². The summed E-state index contributed by atoms with van der Waals surface area (Å²) < 4.78 is 0. The van der Waals surface area contributed by atoms with Gasteiger partial charge < -0.3 is 10.6 Å². The normalized spacial score (nSPS) is 9.50. The van der Waals surface area contributed by atoms with Crippen LogP contribution in [-0.2, 0) is 9.59 Å². The Balaban J connectivity index is 3.99. The predicted octanol–water partition coefficient (Wildman–Crippen LogP) is -1.05. The lowest BCUT2D eigenvalue weighted by molar-refractivity contribution is -0.132. The molecular weight excluding hydrogens is 155 g/mol. The maximum Gasteiger partial charge on any atom is 0.214 e. The lowest BCUT2D eigenvalue weighted by atomic mass is 10.0. The summed E-state index contributed by atoms with van der Waals surface area (Å²) in [7, 11) is 5.13. The molecule has 66 valence electrons. The minimum Gasteiger partial charge on any atom is -0.336 e. The summed E-state index contributed by atoms with van der Waals surface area (Å²) in [6.45, 7) is 2.32. The molecule has 0 bridgehead atoms. The highest BCUT2D eigenvalue weighted by Crippen LogP contribution is 1.92. The Hall–Kier alpha value is -0.835. The average Bonchev–Trinajstić information content (AvgIpc) is 2.12. The third-order valence-corrected chi connectivity index (χ3v) is 1.50. The molecule has 0 saturated carbocycles. The van der Waals surface area contributed by atoms with Crippen molar-refractivity contribution in [1.29, 1.82) is 0 Å². The molecule has 12 heavy (non-hydrogen) atoms. The monoisotopic (exact) mass is 168 g/mol. The second-order valence-corrected chi connectivity index (χ2v) is 2.35. The van der Waals surface area contributed by atoms with Crippen molar-refractivity contribution < 1.29 is 9.59 Å². The molecule has 1 amide bonds. The standard InChI is InChI=1S/C7H13BN2O2/c1-2-10(7(12)3-8)5-6(11)4-9/h2-5,9H2,1H3. The number of likely N-dealkylation sites (N-methyl/N-ethyl adjacent to an activating group) is 1. The Morgan fingerprint density at radius 3 is 2.42 bits per heavy atom. The molecule has 2 N–H and O–H groups in total. The van der Waals surface area contributed by atoms with Gasteiger partial charge in [0.2, 0.25) is 5.91 Å². The highest BCUT2D eigenvalue weighted by molar-refractivity contribution is 6.19. The zero-order valence-corrected chi connectivity index (χ0v) is 7.25. The van der Waals surface area contributed by atoms with Crippen molar-refractivity contribution in [2.24, 2.45) is 5.73 Å². The van der Waals surface area contributed by atoms with Crippen LogP contribution >= 0.6 is 0 Å². The van der Waals surface area contributed by atoms with Crippen LogP contribution in [0.1, 0.15) is 6.92 Å². The number of Topliss-reactive ketones (excluding diaryl/α,β-unsaturated/α-hetero) is 1. The number of carbonyl (C=O) groups excluding carboxylic acids is 2. The van der Waals surface area contributed by atoms with Crippen LogP contribution in [-0.4, -0.2) is 44.1 Å². The summed E-state index contributed by atoms with van der Waals surface area (Å²) in [6.07, 6.45) is -0.0638. The number of ketones is 1. The molecule has 2 radical (unpaired) electrons. The number of nitrogens with two attached hydrogens (primary N) is 1. The Kier molecular flexibility index (Phi) is 5.37. The molecule has 0 atom stereocenters. The van der Waals surface area contributed by atoms with Gasteiger partial charge in [-0.1, -0.05) is 0 Å². The number of amides is 1. The highest BCUT2D eigenvalue weighted by atomic mass is 16.2. The molecule has 0 aromatic carbocycles. The van der Waals surface area contributed by atoms with Gasteiger partial charge in [0.1, 0.15) is 0 Å². The first kappa shape index (κ1) is 11.2. The number of rotatable bonds is 5. The summed E-state index contributed by atoms with van der Waals surface area (Å²) in [5.74, 6) is -0.377. The zero-order valence-electron chi connectivity index (χ0n) is 7.25. The van der Waals surface area contributed by atoms with E-state index in [1.807, 2.05) is 0 Å². The van der Waals surface area contributed by atoms with Gasteiger partial charge in [0.15, 0.2) is 5.78 Å². The van der Waals surface area contributed by atoms with Gasteiger partial charge in [-0.2, -0.15) is 0 Å². The van der Waals surface area contributed by atoms with Crippen LogP contribution in [0.25, 0.3) is 0 Å². The first-order valence-electron chi connectivity index (χ1n) is 3.85. The molecule has 0 rings (SSSR count). The zero-order chi connectivity index (χ0) is 9.56. The fraction of sp³-hybridized carbons (Fsp3) is 0.714. The van der Waals surface area contributed by atoms with Crippen molar-refractivity contribution in [3.05, 3.63) is 0 Å². The fourth-order valence-corrected chi connectivity index (χ4v) is 0.783. The first-order chi connectivity index (χ1) is 5.65. The topological polar surface area (TPSA) is 63.4 Å². The van der Waals surface area contributed by atoms with Gasteiger partial charge >= 0.3 is 0 Å². The van der Waals surface area contributed by atoms with Crippen molar-refractivity contribution in [1.82, 2.24) is 4.90 Å². The van der Waals surface area contributed by atoms with Gasteiger partial charge in [-0.15, -0.1) is 0 Å². The molecule has 0 aromatic heterocycles. The molecular formula is C7H13BN2O2. The van der Waals surface area contributed by atoms with E-state index in [9.17, 15) is 9.59 Å². The molecule has 0 heterocycles. The molecule has 5 heteroatoms. The molecule has 0 spiro atoms. The molecule has 0 fully saturated rings. The number of carbonyl (C=O) groups is 2. The quantitative estimate of drug-likeness (QED) is 0.532. The minimum absolute atomic E-state index is 0.0334. The van der Waals surface area contributed by atoms with E-state index < -0.39 is 0 Å². The van der Waals surface area contributed by atoms with Gasteiger partial charge in [0.05, 0.1) is 20.9 Å². The number of nitrogens with zero attached hydrogens (tertiary/aromatic N) is 1. The molecule has 4 nitrogen and oxygen atoms in total. The summed E-state index contributed by atoms with van der Waals surface area (Å²) in [4.78, 5) is 23.2. The minimum atomic E-state index is -0.223. The Morgan fingerprint density at radius 2 is 2.08 bits per heavy atom. The summed E-state index contributed by atoms with van der Waals surface area (Å²) in [5.41, 5.74) is 5.10. The number of hydrogen-bond donors (Lipinski definition) is 1. The Morgan fingerprint density at radius 1 is 1.50 bits per heavy atom. The second kappa shape index (κ2) is 5.77. The van der Waals surface area contributed by atoms with Gasteiger partial charge in [0.25, 0.3) is 0 Å². The van der Waals surface area contributed by atoms with Gasteiger partial charge in [-0.25, -0.2) is 0 Å². The average molecular weight is 168 g/mol. The van der Waals surface area contributed by atoms with E-state index >= 15 is 0 Å². The predicted molar refractivity (Wildman–Crippen MR) is 46.9 cm³/mol. The SMILES string of the molecule is [B]CC(=O)N(CC)CC(=O)CN. The van der Waals surface area contributed by atoms with Crippen LogP contribution in [0.4, 0.5) is 0 Å². The van der Waals surface area contributed by atoms with Crippen molar-refractivity contribution in [2.75, 3.05) is 19.6 Å².